The van der Waals surface area contributed by atoms with Gasteiger partial charge in [-0.05, 0) is 44.9 Å². The van der Waals surface area contributed by atoms with Crippen LogP contribution in [0, 0.1) is 12.8 Å². The lowest BCUT2D eigenvalue weighted by Gasteiger charge is -2.23. The number of nitrogens with zero attached hydrogens (tertiary/aromatic N) is 3. The number of amides is 1. The maximum absolute atomic E-state index is 12.3. The van der Waals surface area contributed by atoms with Gasteiger partial charge in [0.25, 0.3) is 0 Å². The summed E-state index contributed by atoms with van der Waals surface area (Å²) in [6.45, 7) is 6.42. The third-order valence-corrected chi connectivity index (χ3v) is 4.36. The smallest absolute Gasteiger partial charge is 0.243 e. The van der Waals surface area contributed by atoms with Crippen molar-refractivity contribution in [3.8, 4) is 0 Å². The number of anilines is 2. The van der Waals surface area contributed by atoms with Gasteiger partial charge in [0.05, 0.1) is 11.7 Å². The largest absolute Gasteiger partial charge is 0.370 e. The van der Waals surface area contributed by atoms with Gasteiger partial charge in [-0.25, -0.2) is 4.98 Å². The SMILES string of the molecule is Cc1cc(NC(=O)[C@@H](C)N2CC[C@H](CNc3ccccn3)C2)on1. The van der Waals surface area contributed by atoms with Crippen molar-refractivity contribution in [2.75, 3.05) is 30.3 Å². The number of aromatic nitrogens is 2. The zero-order valence-corrected chi connectivity index (χ0v) is 14.0. The van der Waals surface area contributed by atoms with Gasteiger partial charge in [-0.3, -0.25) is 15.0 Å². The van der Waals surface area contributed by atoms with Gasteiger partial charge in [-0.1, -0.05) is 11.2 Å². The van der Waals surface area contributed by atoms with Crippen LogP contribution in [-0.4, -0.2) is 46.6 Å². The Labute approximate surface area is 141 Å². The van der Waals surface area contributed by atoms with Crippen LogP contribution in [-0.2, 0) is 4.79 Å². The summed E-state index contributed by atoms with van der Waals surface area (Å²) in [7, 11) is 0. The van der Waals surface area contributed by atoms with Crippen molar-refractivity contribution in [1.29, 1.82) is 0 Å². The number of rotatable bonds is 6. The van der Waals surface area contributed by atoms with Gasteiger partial charge >= 0.3 is 0 Å². The number of carbonyl (C=O) groups excluding carboxylic acids is 1. The second kappa shape index (κ2) is 7.44. The minimum absolute atomic E-state index is 0.0653. The Hall–Kier alpha value is -2.41. The quantitative estimate of drug-likeness (QED) is 0.845. The zero-order chi connectivity index (χ0) is 16.9. The van der Waals surface area contributed by atoms with E-state index in [1.165, 1.54) is 0 Å². The molecule has 24 heavy (non-hydrogen) atoms. The van der Waals surface area contributed by atoms with Crippen molar-refractivity contribution in [1.82, 2.24) is 15.0 Å². The van der Waals surface area contributed by atoms with Gasteiger partial charge in [0.1, 0.15) is 5.82 Å². The van der Waals surface area contributed by atoms with E-state index in [4.69, 9.17) is 4.52 Å². The van der Waals surface area contributed by atoms with Crippen LogP contribution in [0.25, 0.3) is 0 Å². The van der Waals surface area contributed by atoms with Gasteiger partial charge in [-0.2, -0.15) is 0 Å². The summed E-state index contributed by atoms with van der Waals surface area (Å²) in [6.07, 6.45) is 2.85. The highest BCUT2D eigenvalue weighted by molar-refractivity contribution is 5.93. The van der Waals surface area contributed by atoms with E-state index in [9.17, 15) is 4.79 Å². The molecule has 7 nitrogen and oxygen atoms in total. The highest BCUT2D eigenvalue weighted by Gasteiger charge is 2.29. The first-order valence-electron chi connectivity index (χ1n) is 8.25. The lowest BCUT2D eigenvalue weighted by atomic mass is 10.1. The molecule has 0 aliphatic carbocycles. The molecule has 0 saturated carbocycles. The summed E-state index contributed by atoms with van der Waals surface area (Å²) in [5.74, 6) is 1.73. The molecule has 2 aromatic rings. The van der Waals surface area contributed by atoms with Crippen LogP contribution in [0.3, 0.4) is 0 Å². The standard InChI is InChI=1S/C17H23N5O2/c1-12-9-16(24-21-12)20-17(23)13(2)22-8-6-14(11-22)10-19-15-5-3-4-7-18-15/h3-5,7,9,13-14H,6,8,10-11H2,1-2H3,(H,18,19)(H,20,23)/t13-,14-/m1/s1. The molecule has 128 valence electrons. The zero-order valence-electron chi connectivity index (χ0n) is 14.0. The summed E-state index contributed by atoms with van der Waals surface area (Å²) in [4.78, 5) is 18.8. The van der Waals surface area contributed by atoms with Crippen molar-refractivity contribution in [2.45, 2.75) is 26.3 Å². The first-order chi connectivity index (χ1) is 11.6. The van der Waals surface area contributed by atoms with Gasteiger partial charge in [0, 0.05) is 25.4 Å². The molecule has 0 radical (unpaired) electrons. The maximum Gasteiger partial charge on any atom is 0.243 e. The van der Waals surface area contributed by atoms with E-state index >= 15 is 0 Å². The molecule has 1 amide bonds. The van der Waals surface area contributed by atoms with Crippen molar-refractivity contribution in [2.24, 2.45) is 5.92 Å². The van der Waals surface area contributed by atoms with E-state index in [2.05, 4.69) is 25.7 Å². The van der Waals surface area contributed by atoms with Crippen molar-refractivity contribution >= 4 is 17.6 Å². The highest BCUT2D eigenvalue weighted by atomic mass is 16.5. The molecule has 3 rings (SSSR count). The molecule has 2 aromatic heterocycles. The van der Waals surface area contributed by atoms with Gasteiger partial charge in [0.2, 0.25) is 11.8 Å². The monoisotopic (exact) mass is 329 g/mol. The predicted octanol–water partition coefficient (Wildman–Crippen LogP) is 2.14. The van der Waals surface area contributed by atoms with Crippen LogP contribution in [0.15, 0.2) is 35.0 Å². The number of carbonyl (C=O) groups is 1. The number of hydrogen-bond acceptors (Lipinski definition) is 6. The summed E-state index contributed by atoms with van der Waals surface area (Å²) in [6, 6.07) is 7.35. The van der Waals surface area contributed by atoms with Crippen LogP contribution in [0.1, 0.15) is 19.0 Å². The fourth-order valence-corrected chi connectivity index (χ4v) is 2.91. The number of hydrogen-bond donors (Lipinski definition) is 2. The number of nitrogens with one attached hydrogen (secondary N) is 2. The van der Waals surface area contributed by atoms with Crippen LogP contribution < -0.4 is 10.6 Å². The molecule has 0 spiro atoms. The molecular weight excluding hydrogens is 306 g/mol. The number of likely N-dealkylation sites (tertiary alicyclic amines) is 1. The summed E-state index contributed by atoms with van der Waals surface area (Å²) >= 11 is 0. The molecule has 1 saturated heterocycles. The minimum atomic E-state index is -0.199. The summed E-state index contributed by atoms with van der Waals surface area (Å²) in [5, 5.41) is 9.91. The average Bonchev–Trinajstić information content (AvgIpc) is 3.22. The van der Waals surface area contributed by atoms with E-state index in [1.807, 2.05) is 32.0 Å². The van der Waals surface area contributed by atoms with Crippen molar-refractivity contribution in [3.63, 3.8) is 0 Å². The summed E-state index contributed by atoms with van der Waals surface area (Å²) < 4.78 is 5.04. The predicted molar refractivity (Wildman–Crippen MR) is 91.7 cm³/mol. The lowest BCUT2D eigenvalue weighted by Crippen LogP contribution is -2.41. The average molecular weight is 329 g/mol. The topological polar surface area (TPSA) is 83.3 Å². The second-order valence-corrected chi connectivity index (χ2v) is 6.24. The van der Waals surface area contributed by atoms with Crippen LogP contribution >= 0.6 is 0 Å². The van der Waals surface area contributed by atoms with Crippen molar-refractivity contribution in [3.05, 3.63) is 36.2 Å². The van der Waals surface area contributed by atoms with Gasteiger partial charge < -0.3 is 9.84 Å². The molecule has 0 bridgehead atoms. The van der Waals surface area contributed by atoms with Crippen LogP contribution in [0.5, 0.6) is 0 Å². The Morgan fingerprint density at radius 1 is 1.50 bits per heavy atom. The Kier molecular flexibility index (Phi) is 5.10. The van der Waals surface area contributed by atoms with E-state index in [-0.39, 0.29) is 11.9 Å². The first-order valence-corrected chi connectivity index (χ1v) is 8.25. The molecule has 2 N–H and O–H groups in total. The first kappa shape index (κ1) is 16.4. The molecule has 3 heterocycles. The van der Waals surface area contributed by atoms with Crippen molar-refractivity contribution < 1.29 is 9.32 Å². The maximum atomic E-state index is 12.3. The Morgan fingerprint density at radius 3 is 3.08 bits per heavy atom. The molecule has 0 unspecified atom stereocenters. The van der Waals surface area contributed by atoms with Crippen LogP contribution in [0.4, 0.5) is 11.7 Å². The second-order valence-electron chi connectivity index (χ2n) is 6.24. The third kappa shape index (κ3) is 4.11. The fourth-order valence-electron chi connectivity index (χ4n) is 2.91. The molecule has 1 aliphatic rings. The number of aryl methyl sites for hydroxylation is 1. The molecule has 7 heteroatoms. The van der Waals surface area contributed by atoms with Gasteiger partial charge in [0.15, 0.2) is 0 Å². The fraction of sp³-hybridized carbons (Fsp3) is 0.471. The molecular formula is C17H23N5O2. The van der Waals surface area contributed by atoms with E-state index in [0.29, 0.717) is 11.8 Å². The van der Waals surface area contributed by atoms with Crippen LogP contribution in [0.2, 0.25) is 0 Å². The molecule has 1 fully saturated rings. The normalized spacial score (nSPS) is 19.2. The summed E-state index contributed by atoms with van der Waals surface area (Å²) in [5.41, 5.74) is 0.750. The Morgan fingerprint density at radius 2 is 2.38 bits per heavy atom. The Balaban J connectivity index is 1.46. The molecule has 0 aromatic carbocycles. The molecule has 1 aliphatic heterocycles. The molecule has 2 atom stereocenters. The minimum Gasteiger partial charge on any atom is -0.370 e. The van der Waals surface area contributed by atoms with E-state index < -0.39 is 0 Å². The lowest BCUT2D eigenvalue weighted by molar-refractivity contribution is -0.120. The number of pyridine rings is 1. The van der Waals surface area contributed by atoms with Gasteiger partial charge in [-0.15, -0.1) is 0 Å². The van der Waals surface area contributed by atoms with E-state index in [1.54, 1.807) is 12.3 Å². The Bertz CT molecular complexity index is 673. The highest BCUT2D eigenvalue weighted by Crippen LogP contribution is 2.20. The third-order valence-electron chi connectivity index (χ3n) is 4.36. The van der Waals surface area contributed by atoms with E-state index in [0.717, 1.165) is 37.6 Å².